The molecule has 0 unspecified atom stereocenters. The third-order valence-corrected chi connectivity index (χ3v) is 12.9. The van der Waals surface area contributed by atoms with Crippen molar-refractivity contribution in [2.45, 2.75) is 6.18 Å². The van der Waals surface area contributed by atoms with Crippen molar-refractivity contribution in [1.29, 1.82) is 0 Å². The summed E-state index contributed by atoms with van der Waals surface area (Å²) in [6.45, 7) is 0. The summed E-state index contributed by atoms with van der Waals surface area (Å²) in [5.74, 6) is -11.3. The lowest BCUT2D eigenvalue weighted by molar-refractivity contribution is -0.137. The maximum atomic E-state index is 16.7. The molecule has 4 aromatic heterocycles. The van der Waals surface area contributed by atoms with Gasteiger partial charge in [0.25, 0.3) is 0 Å². The van der Waals surface area contributed by atoms with Gasteiger partial charge < -0.3 is 9.13 Å². The molecule has 0 amide bonds. The van der Waals surface area contributed by atoms with E-state index in [-0.39, 0.29) is 22.1 Å². The Balaban J connectivity index is 1.19. The first kappa shape index (κ1) is 43.4. The summed E-state index contributed by atoms with van der Waals surface area (Å²) in [6, 6.07) is 55.3. The van der Waals surface area contributed by atoms with Crippen LogP contribution in [0.5, 0.6) is 0 Å². The van der Waals surface area contributed by atoms with Crippen molar-refractivity contribution >= 4 is 43.6 Å². The van der Waals surface area contributed by atoms with Gasteiger partial charge in [-0.3, -0.25) is 0 Å². The van der Waals surface area contributed by atoms with E-state index in [4.69, 9.17) is 9.97 Å². The molecule has 0 bridgehead atoms. The number of nitrogens with zero attached hydrogens (tertiary/aromatic N) is 4. The van der Waals surface area contributed by atoms with Crippen LogP contribution in [0.25, 0.3) is 111 Å². The van der Waals surface area contributed by atoms with Gasteiger partial charge in [-0.05, 0) is 66.2 Å². The van der Waals surface area contributed by atoms with Gasteiger partial charge >= 0.3 is 6.18 Å². The Morgan fingerprint density at radius 3 is 1.10 bits per heavy atom. The molecule has 0 aliphatic carbocycles. The smallest absolute Gasteiger partial charge is 0.309 e. The predicted molar refractivity (Wildman–Crippen MR) is 263 cm³/mol. The molecule has 0 spiro atoms. The van der Waals surface area contributed by atoms with Crippen LogP contribution >= 0.6 is 0 Å². The summed E-state index contributed by atoms with van der Waals surface area (Å²) >= 11 is 0. The maximum absolute atomic E-state index is 16.7. The highest BCUT2D eigenvalue weighted by Gasteiger charge is 2.40. The van der Waals surface area contributed by atoms with Crippen LogP contribution in [-0.2, 0) is 6.18 Å². The zero-order valence-corrected chi connectivity index (χ0v) is 36.8. The van der Waals surface area contributed by atoms with Gasteiger partial charge in [-0.1, -0.05) is 133 Å². The second-order valence-corrected chi connectivity index (χ2v) is 17.0. The molecule has 0 saturated carbocycles. The molecule has 0 atom stereocenters. The molecular formula is C59H32F8N4. The predicted octanol–water partition coefficient (Wildman–Crippen LogP) is 16.7. The third kappa shape index (κ3) is 7.12. The number of fused-ring (bicyclic) bond motifs is 6. The summed E-state index contributed by atoms with van der Waals surface area (Å²) in [5, 5.41) is 2.10. The van der Waals surface area contributed by atoms with Gasteiger partial charge in [-0.25, -0.2) is 31.9 Å². The Kier molecular flexibility index (Phi) is 10.2. The Bertz CT molecular complexity index is 3850. The molecule has 0 radical (unpaired) electrons. The first-order valence-electron chi connectivity index (χ1n) is 22.3. The minimum absolute atomic E-state index is 0.246. The van der Waals surface area contributed by atoms with Crippen LogP contribution in [0.3, 0.4) is 0 Å². The first-order chi connectivity index (χ1) is 34.4. The highest BCUT2D eigenvalue weighted by Crippen LogP contribution is 2.48. The maximum Gasteiger partial charge on any atom is 0.420 e. The second-order valence-electron chi connectivity index (χ2n) is 17.0. The zero-order valence-electron chi connectivity index (χ0n) is 36.8. The number of halogens is 8. The quantitative estimate of drug-likeness (QED) is 0.0907. The summed E-state index contributed by atoms with van der Waals surface area (Å²) < 4.78 is 130. The van der Waals surface area contributed by atoms with E-state index in [1.165, 1.54) is 9.13 Å². The van der Waals surface area contributed by atoms with Gasteiger partial charge in [0.05, 0.1) is 61.8 Å². The van der Waals surface area contributed by atoms with Crippen molar-refractivity contribution in [3.05, 3.63) is 229 Å². The van der Waals surface area contributed by atoms with Crippen LogP contribution < -0.4 is 0 Å². The van der Waals surface area contributed by atoms with Gasteiger partial charge in [0.15, 0.2) is 23.3 Å². The molecule has 12 rings (SSSR count). The minimum Gasteiger partial charge on any atom is -0.309 e. The molecule has 0 aliphatic rings. The number of pyridine rings is 2. The SMILES string of the molecule is Fc1c(F)c(F)c(-c2cc(-n3c4ccccc4c4ccc(-c5cccc(-c6ccccc6)n5)cc43)c(C(F)(F)F)c(-n3c4ccccc4c4ccc(-c5cccc(-c6ccccc6)n5)cc43)c2)c(F)c1F. The van der Waals surface area contributed by atoms with Crippen LogP contribution in [0.2, 0.25) is 0 Å². The lowest BCUT2D eigenvalue weighted by Crippen LogP contribution is -2.16. The molecule has 0 fully saturated rings. The topological polar surface area (TPSA) is 35.6 Å². The third-order valence-electron chi connectivity index (χ3n) is 12.9. The van der Waals surface area contributed by atoms with Crippen molar-refractivity contribution in [2.75, 3.05) is 0 Å². The second kappa shape index (κ2) is 16.7. The fourth-order valence-corrected chi connectivity index (χ4v) is 9.77. The van der Waals surface area contributed by atoms with Crippen molar-refractivity contribution < 1.29 is 35.1 Å². The van der Waals surface area contributed by atoms with E-state index in [9.17, 15) is 4.39 Å². The molecule has 4 nitrogen and oxygen atoms in total. The van der Waals surface area contributed by atoms with Gasteiger partial charge in [-0.2, -0.15) is 13.2 Å². The summed E-state index contributed by atoms with van der Waals surface area (Å²) in [4.78, 5) is 9.81. The molecule has 0 N–H and O–H groups in total. The van der Waals surface area contributed by atoms with Gasteiger partial charge in [0, 0.05) is 43.8 Å². The molecule has 344 valence electrons. The normalized spacial score (nSPS) is 11.9. The molecule has 8 aromatic carbocycles. The van der Waals surface area contributed by atoms with Crippen LogP contribution in [0.15, 0.2) is 194 Å². The molecule has 0 aliphatic heterocycles. The molecular weight excluding hydrogens is 917 g/mol. The van der Waals surface area contributed by atoms with E-state index < -0.39 is 63.3 Å². The van der Waals surface area contributed by atoms with Gasteiger partial charge in [0.2, 0.25) is 5.82 Å². The number of hydrogen-bond donors (Lipinski definition) is 0. The number of aromatic nitrogens is 4. The Labute approximate surface area is 399 Å². The number of para-hydroxylation sites is 2. The van der Waals surface area contributed by atoms with Crippen molar-refractivity contribution in [1.82, 2.24) is 19.1 Å². The highest BCUT2D eigenvalue weighted by molar-refractivity contribution is 6.12. The van der Waals surface area contributed by atoms with E-state index in [2.05, 4.69) is 0 Å². The zero-order chi connectivity index (χ0) is 48.7. The van der Waals surface area contributed by atoms with Crippen molar-refractivity contribution in [3.63, 3.8) is 0 Å². The number of rotatable bonds is 7. The monoisotopic (exact) mass is 948 g/mol. The summed E-state index contributed by atoms with van der Waals surface area (Å²) in [5.41, 5.74) is 1.45. The van der Waals surface area contributed by atoms with Crippen LogP contribution in [0.1, 0.15) is 5.56 Å². The molecule has 12 aromatic rings. The number of hydrogen-bond acceptors (Lipinski definition) is 2. The first-order valence-corrected chi connectivity index (χ1v) is 22.3. The van der Waals surface area contributed by atoms with E-state index in [1.807, 2.05) is 84.9 Å². The molecule has 4 heterocycles. The Morgan fingerprint density at radius 1 is 0.310 bits per heavy atom. The van der Waals surface area contributed by atoms with Crippen molar-refractivity contribution in [2.24, 2.45) is 0 Å². The average Bonchev–Trinajstić information content (AvgIpc) is 3.92. The van der Waals surface area contributed by atoms with Gasteiger partial charge in [0.1, 0.15) is 5.56 Å². The van der Waals surface area contributed by atoms with Crippen molar-refractivity contribution in [3.8, 4) is 67.5 Å². The van der Waals surface area contributed by atoms with E-state index in [1.54, 1.807) is 97.1 Å². The fraction of sp³-hybridized carbons (Fsp3) is 0.0169. The Morgan fingerprint density at radius 2 is 0.676 bits per heavy atom. The van der Waals surface area contributed by atoms with E-state index >= 15 is 30.7 Å². The van der Waals surface area contributed by atoms with E-state index in [0.29, 0.717) is 55.4 Å². The summed E-state index contributed by atoms with van der Waals surface area (Å²) in [7, 11) is 0. The Hall–Kier alpha value is -8.90. The molecule has 12 heteroatoms. The van der Waals surface area contributed by atoms with Gasteiger partial charge in [-0.15, -0.1) is 0 Å². The van der Waals surface area contributed by atoms with Crippen LogP contribution in [0.4, 0.5) is 35.1 Å². The average molecular weight is 949 g/mol. The molecule has 0 saturated heterocycles. The summed E-state index contributed by atoms with van der Waals surface area (Å²) in [6.07, 6.45) is -5.22. The number of alkyl halides is 3. The largest absolute Gasteiger partial charge is 0.420 e. The highest BCUT2D eigenvalue weighted by atomic mass is 19.4. The lowest BCUT2D eigenvalue weighted by atomic mass is 9.97. The van der Waals surface area contributed by atoms with E-state index in [0.717, 1.165) is 23.3 Å². The van der Waals surface area contributed by atoms with Crippen LogP contribution in [-0.4, -0.2) is 19.1 Å². The fourth-order valence-electron chi connectivity index (χ4n) is 9.77. The lowest BCUT2D eigenvalue weighted by Gasteiger charge is -2.23. The molecule has 71 heavy (non-hydrogen) atoms. The standard InChI is InChI=1S/C59H32F8N4/c60-54-52(55(61)57(63)58(64)56(54)62)37-31-50(70-46-23-9-7-17-38(46)40-27-25-35(29-48(40)70)44-21-11-19-42(68-44)33-13-3-1-4-14-33)53(59(65,66)67)51(32-37)71-47-24-10-8-18-39(47)41-28-26-36(30-49(41)71)45-22-12-20-43(69-45)34-15-5-2-6-16-34/h1-32H. The van der Waals surface area contributed by atoms with Crippen LogP contribution in [0, 0.1) is 29.1 Å². The number of benzene rings is 8. The minimum atomic E-state index is -5.22.